The van der Waals surface area contributed by atoms with Gasteiger partial charge in [0.05, 0.1) is 0 Å². The van der Waals surface area contributed by atoms with E-state index in [0.717, 1.165) is 17.8 Å². The molecule has 100 valence electrons. The maximum atomic E-state index is 11.1. The number of hydrogen-bond donors (Lipinski definition) is 2. The van der Waals surface area contributed by atoms with E-state index in [-0.39, 0.29) is 5.91 Å². The zero-order valence-electron chi connectivity index (χ0n) is 10.7. The number of nitrogens with zero attached hydrogens (tertiary/aromatic N) is 2. The third kappa shape index (κ3) is 4.18. The van der Waals surface area contributed by atoms with Crippen molar-refractivity contribution in [2.75, 3.05) is 11.9 Å². The Balaban J connectivity index is 1.83. The lowest BCUT2D eigenvalue weighted by Gasteiger charge is -2.10. The lowest BCUT2D eigenvalue weighted by molar-refractivity contribution is -0.114. The molecule has 2 aromatic rings. The normalized spacial score (nSPS) is 10.4. The number of rotatable bonds is 6. The summed E-state index contributed by atoms with van der Waals surface area (Å²) in [5.41, 5.74) is 1.88. The first-order chi connectivity index (χ1) is 9.25. The molecule has 1 aromatic carbocycles. The van der Waals surface area contributed by atoms with Crippen LogP contribution in [0.25, 0.3) is 0 Å². The minimum absolute atomic E-state index is 0.0701. The van der Waals surface area contributed by atoms with E-state index < -0.39 is 0 Å². The highest BCUT2D eigenvalue weighted by Gasteiger charge is 2.03. The topological polar surface area (TPSA) is 80.0 Å². The van der Waals surface area contributed by atoms with E-state index in [1.807, 2.05) is 24.3 Å². The average molecular weight is 260 g/mol. The molecule has 0 spiro atoms. The number of benzene rings is 1. The molecule has 0 fully saturated rings. The first kappa shape index (κ1) is 13.2. The van der Waals surface area contributed by atoms with E-state index >= 15 is 0 Å². The Labute approximate surface area is 111 Å². The Bertz CT molecular complexity index is 525. The van der Waals surface area contributed by atoms with Gasteiger partial charge in [-0.3, -0.25) is 4.79 Å². The molecule has 0 aliphatic heterocycles. The molecule has 0 atom stereocenters. The zero-order valence-corrected chi connectivity index (χ0v) is 10.7. The van der Waals surface area contributed by atoms with Crippen LogP contribution in [0.4, 0.5) is 5.69 Å². The van der Waals surface area contributed by atoms with Gasteiger partial charge in [-0.2, -0.15) is 4.98 Å². The second-order valence-corrected chi connectivity index (χ2v) is 4.11. The van der Waals surface area contributed by atoms with Gasteiger partial charge in [0, 0.05) is 32.1 Å². The Morgan fingerprint density at radius 2 is 2.21 bits per heavy atom. The quantitative estimate of drug-likeness (QED) is 0.767. The molecule has 0 aliphatic carbocycles. The van der Waals surface area contributed by atoms with Crippen LogP contribution in [0.3, 0.4) is 0 Å². The van der Waals surface area contributed by atoms with Crippen molar-refractivity contribution in [1.29, 1.82) is 0 Å². The average Bonchev–Trinajstić information content (AvgIpc) is 2.89. The van der Waals surface area contributed by atoms with Crippen LogP contribution in [-0.4, -0.2) is 22.6 Å². The second-order valence-electron chi connectivity index (χ2n) is 4.11. The van der Waals surface area contributed by atoms with Gasteiger partial charge in [0.2, 0.25) is 12.3 Å². The molecule has 0 bridgehead atoms. The Morgan fingerprint density at radius 1 is 1.37 bits per heavy atom. The predicted molar refractivity (Wildman–Crippen MR) is 70.5 cm³/mol. The van der Waals surface area contributed by atoms with E-state index in [1.54, 1.807) is 0 Å². The lowest BCUT2D eigenvalue weighted by atomic mass is 10.1. The molecule has 1 amide bonds. The molecule has 1 aromatic heterocycles. The molecule has 6 heteroatoms. The first-order valence-corrected chi connectivity index (χ1v) is 6.07. The standard InChI is InChI=1S/C13H16N4O2/c1-10(18)16-12-5-3-2-4-11(12)8-14-7-6-13-15-9-19-17-13/h2-5,9,14H,6-8H2,1H3,(H,16,18). The van der Waals surface area contributed by atoms with E-state index in [1.165, 1.54) is 13.3 Å². The van der Waals surface area contributed by atoms with Crippen molar-refractivity contribution in [3.63, 3.8) is 0 Å². The summed E-state index contributed by atoms with van der Waals surface area (Å²) in [4.78, 5) is 15.0. The van der Waals surface area contributed by atoms with Gasteiger partial charge in [0.1, 0.15) is 0 Å². The Hall–Kier alpha value is -2.21. The van der Waals surface area contributed by atoms with E-state index in [0.29, 0.717) is 18.8 Å². The van der Waals surface area contributed by atoms with Gasteiger partial charge in [-0.05, 0) is 11.6 Å². The highest BCUT2D eigenvalue weighted by Crippen LogP contribution is 2.14. The first-order valence-electron chi connectivity index (χ1n) is 6.07. The molecule has 2 N–H and O–H groups in total. The number of carbonyl (C=O) groups is 1. The number of anilines is 1. The van der Waals surface area contributed by atoms with Crippen molar-refractivity contribution < 1.29 is 9.32 Å². The monoisotopic (exact) mass is 260 g/mol. The molecule has 19 heavy (non-hydrogen) atoms. The van der Waals surface area contributed by atoms with Gasteiger partial charge in [-0.1, -0.05) is 23.4 Å². The van der Waals surface area contributed by atoms with Crippen LogP contribution >= 0.6 is 0 Å². The van der Waals surface area contributed by atoms with Crippen molar-refractivity contribution in [3.8, 4) is 0 Å². The zero-order chi connectivity index (χ0) is 13.5. The SMILES string of the molecule is CC(=O)Nc1ccccc1CNCCc1ncon1. The Morgan fingerprint density at radius 3 is 2.95 bits per heavy atom. The van der Waals surface area contributed by atoms with Crippen LogP contribution in [0.2, 0.25) is 0 Å². The van der Waals surface area contributed by atoms with Gasteiger partial charge in [-0.25, -0.2) is 0 Å². The highest BCUT2D eigenvalue weighted by molar-refractivity contribution is 5.89. The van der Waals surface area contributed by atoms with Crippen LogP contribution < -0.4 is 10.6 Å². The van der Waals surface area contributed by atoms with E-state index in [2.05, 4.69) is 25.3 Å². The summed E-state index contributed by atoms with van der Waals surface area (Å²) in [7, 11) is 0. The predicted octanol–water partition coefficient (Wildman–Crippen LogP) is 1.36. The summed E-state index contributed by atoms with van der Waals surface area (Å²) in [6.45, 7) is 2.92. The largest absolute Gasteiger partial charge is 0.343 e. The minimum atomic E-state index is -0.0701. The molecule has 0 unspecified atom stereocenters. The number of hydrogen-bond acceptors (Lipinski definition) is 5. The van der Waals surface area contributed by atoms with Gasteiger partial charge >= 0.3 is 0 Å². The maximum Gasteiger partial charge on any atom is 0.221 e. The summed E-state index contributed by atoms with van der Waals surface area (Å²) < 4.78 is 4.66. The Kier molecular flexibility index (Phi) is 4.63. The van der Waals surface area contributed by atoms with Crippen molar-refractivity contribution in [2.24, 2.45) is 0 Å². The van der Waals surface area contributed by atoms with Gasteiger partial charge in [0.15, 0.2) is 5.82 Å². The minimum Gasteiger partial charge on any atom is -0.343 e. The van der Waals surface area contributed by atoms with Crippen molar-refractivity contribution in [1.82, 2.24) is 15.5 Å². The molecule has 6 nitrogen and oxygen atoms in total. The number of carbonyl (C=O) groups excluding carboxylic acids is 1. The van der Waals surface area contributed by atoms with E-state index in [4.69, 9.17) is 0 Å². The van der Waals surface area contributed by atoms with Crippen molar-refractivity contribution in [3.05, 3.63) is 42.0 Å². The molecule has 0 aliphatic rings. The second kappa shape index (κ2) is 6.65. The molecule has 1 heterocycles. The summed E-state index contributed by atoms with van der Waals surface area (Å²) in [5.74, 6) is 0.613. The fraction of sp³-hybridized carbons (Fsp3) is 0.308. The van der Waals surface area contributed by atoms with Crippen LogP contribution in [0.1, 0.15) is 18.3 Å². The molecular formula is C13H16N4O2. The fourth-order valence-corrected chi connectivity index (χ4v) is 1.71. The van der Waals surface area contributed by atoms with Gasteiger partial charge in [-0.15, -0.1) is 0 Å². The van der Waals surface area contributed by atoms with Crippen LogP contribution in [-0.2, 0) is 17.8 Å². The van der Waals surface area contributed by atoms with Gasteiger partial charge in [0.25, 0.3) is 0 Å². The molecule has 0 radical (unpaired) electrons. The molecular weight excluding hydrogens is 244 g/mol. The number of amides is 1. The summed E-state index contributed by atoms with van der Waals surface area (Å²) in [6.07, 6.45) is 2.03. The van der Waals surface area contributed by atoms with Crippen molar-refractivity contribution in [2.45, 2.75) is 19.9 Å². The third-order valence-electron chi connectivity index (χ3n) is 2.58. The maximum absolute atomic E-state index is 11.1. The lowest BCUT2D eigenvalue weighted by Crippen LogP contribution is -2.18. The molecule has 0 saturated heterocycles. The summed E-state index contributed by atoms with van der Waals surface area (Å²) >= 11 is 0. The highest BCUT2D eigenvalue weighted by atomic mass is 16.5. The van der Waals surface area contributed by atoms with Crippen LogP contribution in [0, 0.1) is 0 Å². The fourth-order valence-electron chi connectivity index (χ4n) is 1.71. The molecule has 0 saturated carbocycles. The number of para-hydroxylation sites is 1. The van der Waals surface area contributed by atoms with Gasteiger partial charge < -0.3 is 15.2 Å². The van der Waals surface area contributed by atoms with Crippen molar-refractivity contribution >= 4 is 11.6 Å². The number of nitrogens with one attached hydrogen (secondary N) is 2. The molecule has 2 rings (SSSR count). The van der Waals surface area contributed by atoms with Crippen LogP contribution in [0.5, 0.6) is 0 Å². The third-order valence-corrected chi connectivity index (χ3v) is 2.58. The summed E-state index contributed by atoms with van der Waals surface area (Å²) in [6, 6.07) is 7.71. The smallest absolute Gasteiger partial charge is 0.221 e. The number of aromatic nitrogens is 2. The van der Waals surface area contributed by atoms with Crippen LogP contribution in [0.15, 0.2) is 35.2 Å². The van der Waals surface area contributed by atoms with E-state index in [9.17, 15) is 4.79 Å². The summed E-state index contributed by atoms with van der Waals surface area (Å²) in [5, 5.41) is 9.82.